The van der Waals surface area contributed by atoms with Gasteiger partial charge in [-0.1, -0.05) is 0 Å². The maximum absolute atomic E-state index is 10.2. The Bertz CT molecular complexity index is 327. The number of imidazole rings is 1. The van der Waals surface area contributed by atoms with Gasteiger partial charge in [-0.05, 0) is 0 Å². The Morgan fingerprint density at radius 2 is 2.50 bits per heavy atom. The molecule has 0 aliphatic rings. The molecular formula is C7H9N3O2. The summed E-state index contributed by atoms with van der Waals surface area (Å²) in [4.78, 5) is 13.7. The summed E-state index contributed by atoms with van der Waals surface area (Å²) in [6.07, 6.45) is 4.65. The molecule has 12 heavy (non-hydrogen) atoms. The van der Waals surface area contributed by atoms with Gasteiger partial charge >= 0.3 is 0 Å². The van der Waals surface area contributed by atoms with Crippen LogP contribution in [0.1, 0.15) is 12.6 Å². The Morgan fingerprint density at radius 1 is 1.83 bits per heavy atom. The van der Waals surface area contributed by atoms with Gasteiger partial charge in [-0.25, -0.2) is 4.98 Å². The monoisotopic (exact) mass is 167 g/mol. The van der Waals surface area contributed by atoms with E-state index in [4.69, 9.17) is 0 Å². The lowest BCUT2D eigenvalue weighted by atomic mass is 10.3. The van der Waals surface area contributed by atoms with Gasteiger partial charge in [-0.3, -0.25) is 10.1 Å². The molecule has 1 aromatic heterocycles. The third-order valence-corrected chi connectivity index (χ3v) is 1.50. The van der Waals surface area contributed by atoms with Gasteiger partial charge in [-0.15, -0.1) is 0 Å². The smallest absolute Gasteiger partial charge is 0.245 e. The molecule has 0 atom stereocenters. The zero-order valence-corrected chi connectivity index (χ0v) is 6.89. The summed E-state index contributed by atoms with van der Waals surface area (Å²) in [5, 5.41) is 10.2. The first-order valence-corrected chi connectivity index (χ1v) is 3.40. The second-order valence-electron chi connectivity index (χ2n) is 2.47. The Labute approximate surface area is 69.5 Å². The number of allylic oxidation sites excluding steroid dienone is 1. The Morgan fingerprint density at radius 3 is 2.92 bits per heavy atom. The predicted octanol–water partition coefficient (Wildman–Crippen LogP) is 1.06. The number of aryl methyl sites for hydroxylation is 1. The fourth-order valence-corrected chi connectivity index (χ4v) is 0.773. The minimum absolute atomic E-state index is 0.110. The molecule has 0 fully saturated rings. The van der Waals surface area contributed by atoms with E-state index in [-0.39, 0.29) is 5.70 Å². The molecule has 1 aromatic rings. The van der Waals surface area contributed by atoms with Crippen LogP contribution in [0.3, 0.4) is 0 Å². The van der Waals surface area contributed by atoms with Crippen LogP contribution in [-0.4, -0.2) is 14.5 Å². The van der Waals surface area contributed by atoms with Crippen molar-refractivity contribution in [3.05, 3.63) is 34.0 Å². The Kier molecular flexibility index (Phi) is 2.23. The van der Waals surface area contributed by atoms with E-state index in [1.54, 1.807) is 24.1 Å². The molecule has 0 aromatic carbocycles. The molecule has 0 amide bonds. The van der Waals surface area contributed by atoms with Crippen molar-refractivity contribution in [2.75, 3.05) is 0 Å². The van der Waals surface area contributed by atoms with Crippen molar-refractivity contribution in [2.24, 2.45) is 7.05 Å². The number of nitro groups is 1. The van der Waals surface area contributed by atoms with E-state index in [0.717, 1.165) is 5.69 Å². The normalized spacial score (nSPS) is 11.7. The lowest BCUT2D eigenvalue weighted by Crippen LogP contribution is -1.95. The molecule has 5 nitrogen and oxygen atoms in total. The zero-order valence-electron chi connectivity index (χ0n) is 6.89. The number of nitrogens with zero attached hydrogens (tertiary/aromatic N) is 3. The summed E-state index contributed by atoms with van der Waals surface area (Å²) in [5.74, 6) is 0. The number of hydrogen-bond donors (Lipinski definition) is 0. The van der Waals surface area contributed by atoms with Gasteiger partial charge < -0.3 is 4.57 Å². The second kappa shape index (κ2) is 3.17. The number of aromatic nitrogens is 2. The third kappa shape index (κ3) is 1.69. The first-order valence-electron chi connectivity index (χ1n) is 3.40. The summed E-state index contributed by atoms with van der Waals surface area (Å²) in [5.41, 5.74) is 0.836. The van der Waals surface area contributed by atoms with E-state index in [0.29, 0.717) is 0 Å². The quantitative estimate of drug-likeness (QED) is 0.488. The van der Waals surface area contributed by atoms with Crippen molar-refractivity contribution in [2.45, 2.75) is 6.92 Å². The highest BCUT2D eigenvalue weighted by atomic mass is 16.6. The molecule has 5 heteroatoms. The van der Waals surface area contributed by atoms with Crippen LogP contribution < -0.4 is 0 Å². The first kappa shape index (κ1) is 8.45. The standard InChI is InChI=1S/C7H9N3O2/c1-6(10(11)12)3-7-4-8-5-9(7)2/h3-5H,1-2H3/b6-3+. The van der Waals surface area contributed by atoms with Crippen molar-refractivity contribution in [1.29, 1.82) is 0 Å². The molecule has 0 aliphatic carbocycles. The first-order chi connectivity index (χ1) is 5.61. The largest absolute Gasteiger partial charge is 0.334 e. The summed E-state index contributed by atoms with van der Waals surface area (Å²) < 4.78 is 1.72. The van der Waals surface area contributed by atoms with E-state index >= 15 is 0 Å². The SMILES string of the molecule is C/C(=C\c1cncn1C)[N+](=O)[O-]. The number of rotatable bonds is 2. The topological polar surface area (TPSA) is 61.0 Å². The van der Waals surface area contributed by atoms with Gasteiger partial charge in [0.15, 0.2) is 0 Å². The van der Waals surface area contributed by atoms with E-state index in [2.05, 4.69) is 4.98 Å². The van der Waals surface area contributed by atoms with E-state index in [1.807, 2.05) is 0 Å². The lowest BCUT2D eigenvalue weighted by molar-refractivity contribution is -0.422. The predicted molar refractivity (Wildman–Crippen MR) is 43.9 cm³/mol. The molecular weight excluding hydrogens is 158 g/mol. The lowest BCUT2D eigenvalue weighted by Gasteiger charge is -1.93. The van der Waals surface area contributed by atoms with Crippen molar-refractivity contribution in [1.82, 2.24) is 9.55 Å². The van der Waals surface area contributed by atoms with E-state index < -0.39 is 4.92 Å². The molecule has 0 spiro atoms. The summed E-state index contributed by atoms with van der Waals surface area (Å²) >= 11 is 0. The maximum Gasteiger partial charge on any atom is 0.245 e. The minimum Gasteiger partial charge on any atom is -0.334 e. The molecule has 0 bridgehead atoms. The van der Waals surface area contributed by atoms with Gasteiger partial charge in [0.2, 0.25) is 5.70 Å². The molecule has 0 N–H and O–H groups in total. The average molecular weight is 167 g/mol. The maximum atomic E-state index is 10.2. The zero-order chi connectivity index (χ0) is 9.14. The Hall–Kier alpha value is -1.65. The van der Waals surface area contributed by atoms with Gasteiger partial charge in [0, 0.05) is 20.0 Å². The van der Waals surface area contributed by atoms with Crippen LogP contribution in [0.25, 0.3) is 6.08 Å². The molecule has 0 saturated carbocycles. The average Bonchev–Trinajstić information content (AvgIpc) is 2.36. The van der Waals surface area contributed by atoms with Crippen LogP contribution in [-0.2, 0) is 7.05 Å². The second-order valence-corrected chi connectivity index (χ2v) is 2.47. The number of hydrogen-bond acceptors (Lipinski definition) is 3. The molecule has 0 aliphatic heterocycles. The minimum atomic E-state index is -0.424. The Balaban J connectivity index is 2.95. The van der Waals surface area contributed by atoms with Crippen LogP contribution in [0, 0.1) is 10.1 Å². The molecule has 1 heterocycles. The molecule has 0 radical (unpaired) electrons. The fourth-order valence-electron chi connectivity index (χ4n) is 0.773. The van der Waals surface area contributed by atoms with Crippen molar-refractivity contribution >= 4 is 6.08 Å². The van der Waals surface area contributed by atoms with Crippen molar-refractivity contribution in [3.63, 3.8) is 0 Å². The summed E-state index contributed by atoms with van der Waals surface area (Å²) in [6, 6.07) is 0. The van der Waals surface area contributed by atoms with Crippen molar-refractivity contribution < 1.29 is 4.92 Å². The van der Waals surface area contributed by atoms with Crippen LogP contribution in [0.15, 0.2) is 18.2 Å². The van der Waals surface area contributed by atoms with Crippen LogP contribution >= 0.6 is 0 Å². The van der Waals surface area contributed by atoms with Crippen LogP contribution in [0.2, 0.25) is 0 Å². The van der Waals surface area contributed by atoms with Gasteiger partial charge in [-0.2, -0.15) is 0 Å². The molecule has 1 rings (SSSR count). The highest BCUT2D eigenvalue weighted by molar-refractivity contribution is 5.45. The van der Waals surface area contributed by atoms with Gasteiger partial charge in [0.25, 0.3) is 0 Å². The summed E-state index contributed by atoms with van der Waals surface area (Å²) in [6.45, 7) is 1.45. The van der Waals surface area contributed by atoms with Crippen LogP contribution in [0.4, 0.5) is 0 Å². The van der Waals surface area contributed by atoms with Gasteiger partial charge in [0.05, 0.1) is 23.1 Å². The molecule has 0 saturated heterocycles. The fraction of sp³-hybridized carbons (Fsp3) is 0.286. The molecule has 0 unspecified atom stereocenters. The van der Waals surface area contributed by atoms with E-state index in [1.165, 1.54) is 13.0 Å². The van der Waals surface area contributed by atoms with Gasteiger partial charge in [0.1, 0.15) is 0 Å². The van der Waals surface area contributed by atoms with Crippen molar-refractivity contribution in [3.8, 4) is 0 Å². The molecule has 64 valence electrons. The summed E-state index contributed by atoms with van der Waals surface area (Å²) in [7, 11) is 1.78. The highest BCUT2D eigenvalue weighted by Crippen LogP contribution is 2.04. The van der Waals surface area contributed by atoms with Crippen LogP contribution in [0.5, 0.6) is 0 Å². The third-order valence-electron chi connectivity index (χ3n) is 1.50. The highest BCUT2D eigenvalue weighted by Gasteiger charge is 2.03. The van der Waals surface area contributed by atoms with E-state index in [9.17, 15) is 10.1 Å².